The molecular weight excluding hydrogens is 292 g/mol. The van der Waals surface area contributed by atoms with Gasteiger partial charge in [0.15, 0.2) is 6.10 Å². The molecule has 114 valence electrons. The molecule has 5 nitrogen and oxygen atoms in total. The van der Waals surface area contributed by atoms with Crippen LogP contribution in [-0.2, 0) is 9.53 Å². The van der Waals surface area contributed by atoms with Crippen molar-refractivity contribution in [2.75, 3.05) is 18.8 Å². The molecule has 6 heteroatoms. The minimum Gasteiger partial charge on any atom is -0.449 e. The van der Waals surface area contributed by atoms with E-state index in [1.54, 1.807) is 17.9 Å². The summed E-state index contributed by atoms with van der Waals surface area (Å²) in [7, 11) is 0. The first kappa shape index (κ1) is 15.6. The number of ether oxygens (including phenoxy) is 1. The zero-order chi connectivity index (χ0) is 15.4. The zero-order valence-electron chi connectivity index (χ0n) is 12.0. The van der Waals surface area contributed by atoms with Crippen LogP contribution in [0.15, 0.2) is 18.2 Å². The number of benzene rings is 1. The van der Waals surface area contributed by atoms with E-state index in [0.717, 1.165) is 32.4 Å². The Morgan fingerprint density at radius 2 is 1.95 bits per heavy atom. The number of hydrogen-bond acceptors (Lipinski definition) is 4. The normalized spacial score (nSPS) is 16.4. The van der Waals surface area contributed by atoms with Crippen LogP contribution in [0.3, 0.4) is 0 Å². The second-order valence-electron chi connectivity index (χ2n) is 5.17. The molecule has 1 heterocycles. The Morgan fingerprint density at radius 1 is 1.29 bits per heavy atom. The third-order valence-corrected chi connectivity index (χ3v) is 3.77. The van der Waals surface area contributed by atoms with E-state index in [1.807, 2.05) is 0 Å². The van der Waals surface area contributed by atoms with E-state index in [-0.39, 0.29) is 17.2 Å². The predicted octanol–water partition coefficient (Wildman–Crippen LogP) is 2.48. The molecule has 1 aliphatic rings. The maximum Gasteiger partial charge on any atom is 0.341 e. The van der Waals surface area contributed by atoms with Crippen LogP contribution < -0.4 is 5.73 Å². The van der Waals surface area contributed by atoms with Gasteiger partial charge in [0.1, 0.15) is 0 Å². The SMILES string of the molecule is CC(OC(=O)c1cc(Cl)ccc1N)C(=O)N1CCCCC1. The summed E-state index contributed by atoms with van der Waals surface area (Å²) in [4.78, 5) is 26.0. The lowest BCUT2D eigenvalue weighted by Gasteiger charge is -2.29. The number of rotatable bonds is 3. The molecule has 1 aliphatic heterocycles. The van der Waals surface area contributed by atoms with Gasteiger partial charge in [-0.1, -0.05) is 11.6 Å². The monoisotopic (exact) mass is 310 g/mol. The Balaban J connectivity index is 2.01. The van der Waals surface area contributed by atoms with Gasteiger partial charge in [-0.15, -0.1) is 0 Å². The van der Waals surface area contributed by atoms with Gasteiger partial charge in [-0.2, -0.15) is 0 Å². The van der Waals surface area contributed by atoms with Crippen molar-refractivity contribution in [3.8, 4) is 0 Å². The number of piperidine rings is 1. The number of anilines is 1. The van der Waals surface area contributed by atoms with Gasteiger partial charge >= 0.3 is 5.97 Å². The molecule has 1 aromatic rings. The number of carbonyl (C=O) groups excluding carboxylic acids is 2. The van der Waals surface area contributed by atoms with Crippen LogP contribution in [0.1, 0.15) is 36.5 Å². The van der Waals surface area contributed by atoms with Crippen molar-refractivity contribution < 1.29 is 14.3 Å². The van der Waals surface area contributed by atoms with E-state index in [0.29, 0.717) is 5.02 Å². The van der Waals surface area contributed by atoms with Crippen LogP contribution in [0.5, 0.6) is 0 Å². The van der Waals surface area contributed by atoms with E-state index in [1.165, 1.54) is 12.1 Å². The number of halogens is 1. The first-order valence-electron chi connectivity index (χ1n) is 7.04. The average molecular weight is 311 g/mol. The molecule has 1 atom stereocenters. The van der Waals surface area contributed by atoms with E-state index in [9.17, 15) is 9.59 Å². The highest BCUT2D eigenvalue weighted by atomic mass is 35.5. The number of carbonyl (C=O) groups is 2. The number of hydrogen-bond donors (Lipinski definition) is 1. The van der Waals surface area contributed by atoms with Crippen LogP contribution in [0.4, 0.5) is 5.69 Å². The average Bonchev–Trinajstić information content (AvgIpc) is 2.49. The highest BCUT2D eigenvalue weighted by Gasteiger charge is 2.26. The summed E-state index contributed by atoms with van der Waals surface area (Å²) in [6, 6.07) is 4.57. The Labute approximate surface area is 129 Å². The second kappa shape index (κ2) is 6.80. The topological polar surface area (TPSA) is 72.6 Å². The molecule has 0 spiro atoms. The third-order valence-electron chi connectivity index (χ3n) is 3.53. The first-order chi connectivity index (χ1) is 9.99. The lowest BCUT2D eigenvalue weighted by molar-refractivity contribution is -0.140. The van der Waals surface area contributed by atoms with Gasteiger partial charge in [-0.3, -0.25) is 4.79 Å². The third kappa shape index (κ3) is 3.88. The highest BCUT2D eigenvalue weighted by molar-refractivity contribution is 6.31. The summed E-state index contributed by atoms with van der Waals surface area (Å²) < 4.78 is 5.22. The molecular formula is C15H19ClN2O3. The van der Waals surface area contributed by atoms with Crippen molar-refractivity contribution in [1.82, 2.24) is 4.90 Å². The summed E-state index contributed by atoms with van der Waals surface area (Å²) >= 11 is 5.84. The van der Waals surface area contributed by atoms with Crippen molar-refractivity contribution in [2.45, 2.75) is 32.3 Å². The molecule has 21 heavy (non-hydrogen) atoms. The Morgan fingerprint density at radius 3 is 2.62 bits per heavy atom. The highest BCUT2D eigenvalue weighted by Crippen LogP contribution is 2.20. The summed E-state index contributed by atoms with van der Waals surface area (Å²) in [5.74, 6) is -0.795. The van der Waals surface area contributed by atoms with Crippen molar-refractivity contribution in [1.29, 1.82) is 0 Å². The number of nitrogen functional groups attached to an aromatic ring is 1. The number of nitrogens with two attached hydrogens (primary N) is 1. The number of likely N-dealkylation sites (tertiary alicyclic amines) is 1. The molecule has 1 amide bonds. The van der Waals surface area contributed by atoms with Gasteiger partial charge in [0.2, 0.25) is 0 Å². The molecule has 1 aromatic carbocycles. The molecule has 0 bridgehead atoms. The number of amides is 1. The van der Waals surface area contributed by atoms with Gasteiger partial charge < -0.3 is 15.4 Å². The Hall–Kier alpha value is -1.75. The maximum absolute atomic E-state index is 12.2. The minimum absolute atomic E-state index is 0.163. The first-order valence-corrected chi connectivity index (χ1v) is 7.41. The quantitative estimate of drug-likeness (QED) is 0.687. The smallest absolute Gasteiger partial charge is 0.341 e. The van der Waals surface area contributed by atoms with Gasteiger partial charge in [0.25, 0.3) is 5.91 Å². The molecule has 1 saturated heterocycles. The van der Waals surface area contributed by atoms with Gasteiger partial charge in [-0.25, -0.2) is 4.79 Å². The summed E-state index contributed by atoms with van der Waals surface area (Å²) in [5, 5.41) is 0.395. The van der Waals surface area contributed by atoms with Crippen LogP contribution in [0.25, 0.3) is 0 Å². The number of nitrogens with zero attached hydrogens (tertiary/aromatic N) is 1. The maximum atomic E-state index is 12.2. The Bertz CT molecular complexity index is 542. The molecule has 1 unspecified atom stereocenters. The van der Waals surface area contributed by atoms with Crippen LogP contribution in [0.2, 0.25) is 5.02 Å². The van der Waals surface area contributed by atoms with Crippen LogP contribution >= 0.6 is 11.6 Å². The van der Waals surface area contributed by atoms with Crippen LogP contribution in [0, 0.1) is 0 Å². The van der Waals surface area contributed by atoms with Crippen molar-refractivity contribution in [3.05, 3.63) is 28.8 Å². The molecule has 2 rings (SSSR count). The fraction of sp³-hybridized carbons (Fsp3) is 0.467. The minimum atomic E-state index is -0.825. The van der Waals surface area contributed by atoms with E-state index < -0.39 is 12.1 Å². The standard InChI is InChI=1S/C15H19ClN2O3/c1-10(14(19)18-7-3-2-4-8-18)21-15(20)12-9-11(16)5-6-13(12)17/h5-6,9-10H,2-4,7-8,17H2,1H3. The molecule has 0 saturated carbocycles. The van der Waals surface area contributed by atoms with E-state index in [4.69, 9.17) is 22.1 Å². The molecule has 0 aliphatic carbocycles. The van der Waals surface area contributed by atoms with Crippen LogP contribution in [-0.4, -0.2) is 36.0 Å². The fourth-order valence-corrected chi connectivity index (χ4v) is 2.52. The van der Waals surface area contributed by atoms with Gasteiger partial charge in [0, 0.05) is 23.8 Å². The summed E-state index contributed by atoms with van der Waals surface area (Å²) in [5.41, 5.74) is 6.19. The van der Waals surface area contributed by atoms with Gasteiger partial charge in [0.05, 0.1) is 5.56 Å². The molecule has 2 N–H and O–H groups in total. The van der Waals surface area contributed by atoms with Crippen molar-refractivity contribution in [3.63, 3.8) is 0 Å². The van der Waals surface area contributed by atoms with Crippen molar-refractivity contribution >= 4 is 29.2 Å². The lowest BCUT2D eigenvalue weighted by atomic mass is 10.1. The molecule has 0 radical (unpaired) electrons. The lowest BCUT2D eigenvalue weighted by Crippen LogP contribution is -2.42. The second-order valence-corrected chi connectivity index (χ2v) is 5.60. The van der Waals surface area contributed by atoms with Gasteiger partial charge in [-0.05, 0) is 44.4 Å². The predicted molar refractivity (Wildman–Crippen MR) is 81.2 cm³/mol. The van der Waals surface area contributed by atoms with E-state index in [2.05, 4.69) is 0 Å². The molecule has 1 fully saturated rings. The number of esters is 1. The van der Waals surface area contributed by atoms with E-state index >= 15 is 0 Å². The summed E-state index contributed by atoms with van der Waals surface area (Å²) in [6.45, 7) is 3.02. The zero-order valence-corrected chi connectivity index (χ0v) is 12.7. The Kier molecular flexibility index (Phi) is 5.07. The largest absolute Gasteiger partial charge is 0.449 e. The fourth-order valence-electron chi connectivity index (χ4n) is 2.35. The summed E-state index contributed by atoms with van der Waals surface area (Å²) in [6.07, 6.45) is 2.30. The van der Waals surface area contributed by atoms with Crippen molar-refractivity contribution in [2.24, 2.45) is 0 Å². The molecule has 0 aromatic heterocycles.